The average Bonchev–Trinajstić information content (AvgIpc) is 2.33. The molecule has 0 heterocycles. The van der Waals surface area contributed by atoms with Crippen LogP contribution in [-0.4, -0.2) is 27.6 Å². The number of nitrogens with one attached hydrogen (secondary N) is 2. The molecule has 0 atom stereocenters. The van der Waals surface area contributed by atoms with E-state index in [4.69, 9.17) is 9.88 Å². The zero-order chi connectivity index (χ0) is 14.8. The van der Waals surface area contributed by atoms with Crippen LogP contribution in [-0.2, 0) is 10.0 Å². The van der Waals surface area contributed by atoms with Crippen LogP contribution in [0.4, 0.5) is 10.5 Å². The number of methoxy groups -OCH3 is 1. The molecule has 20 heavy (non-hydrogen) atoms. The highest BCUT2D eigenvalue weighted by Gasteiger charge is 2.20. The van der Waals surface area contributed by atoms with Gasteiger partial charge in [-0.15, -0.1) is 0 Å². The predicted molar refractivity (Wildman–Crippen MR) is 74.2 cm³/mol. The summed E-state index contributed by atoms with van der Waals surface area (Å²) in [5.41, 5.74) is 0.260. The fraction of sp³-hybridized carbons (Fsp3) is 0.417. The SMILES string of the molecule is COc1ccc(S(N)(=O)=O)cc1NC(=O)NC1CCC1. The molecule has 0 unspecified atom stereocenters. The van der Waals surface area contributed by atoms with E-state index in [1.54, 1.807) is 0 Å². The Kier molecular flexibility index (Phi) is 4.15. The van der Waals surface area contributed by atoms with Crippen molar-refractivity contribution in [1.29, 1.82) is 0 Å². The maximum Gasteiger partial charge on any atom is 0.319 e. The average molecular weight is 299 g/mol. The Morgan fingerprint density at radius 2 is 2.10 bits per heavy atom. The third-order valence-corrected chi connectivity index (χ3v) is 4.10. The molecule has 0 radical (unpaired) electrons. The monoisotopic (exact) mass is 299 g/mol. The zero-order valence-electron chi connectivity index (χ0n) is 11.0. The third kappa shape index (κ3) is 3.40. The lowest BCUT2D eigenvalue weighted by Gasteiger charge is -2.26. The highest BCUT2D eigenvalue weighted by Crippen LogP contribution is 2.27. The number of ether oxygens (including phenoxy) is 1. The molecule has 110 valence electrons. The molecule has 1 aromatic rings. The van der Waals surface area contributed by atoms with E-state index in [0.717, 1.165) is 19.3 Å². The lowest BCUT2D eigenvalue weighted by atomic mass is 9.93. The minimum Gasteiger partial charge on any atom is -0.495 e. The van der Waals surface area contributed by atoms with Crippen molar-refractivity contribution in [3.8, 4) is 5.75 Å². The van der Waals surface area contributed by atoms with Gasteiger partial charge < -0.3 is 15.4 Å². The number of hydrogen-bond donors (Lipinski definition) is 3. The van der Waals surface area contributed by atoms with Crippen LogP contribution in [0.5, 0.6) is 5.75 Å². The Morgan fingerprint density at radius 3 is 2.60 bits per heavy atom. The summed E-state index contributed by atoms with van der Waals surface area (Å²) in [4.78, 5) is 11.7. The molecular formula is C12H17N3O4S. The Hall–Kier alpha value is -1.80. The second-order valence-electron chi connectivity index (χ2n) is 4.63. The summed E-state index contributed by atoms with van der Waals surface area (Å²) in [5.74, 6) is 0.362. The summed E-state index contributed by atoms with van der Waals surface area (Å²) in [6, 6.07) is 3.83. The molecule has 2 amide bonds. The molecule has 0 aromatic heterocycles. The van der Waals surface area contributed by atoms with Crippen LogP contribution in [0.25, 0.3) is 0 Å². The number of benzene rings is 1. The molecule has 0 saturated heterocycles. The quantitative estimate of drug-likeness (QED) is 0.770. The van der Waals surface area contributed by atoms with E-state index in [2.05, 4.69) is 10.6 Å². The number of carbonyl (C=O) groups excluding carboxylic acids is 1. The topological polar surface area (TPSA) is 111 Å². The van der Waals surface area contributed by atoms with Crippen LogP contribution in [0.15, 0.2) is 23.1 Å². The van der Waals surface area contributed by atoms with Gasteiger partial charge in [0.2, 0.25) is 10.0 Å². The first-order valence-electron chi connectivity index (χ1n) is 6.18. The first kappa shape index (κ1) is 14.6. The molecule has 1 aromatic carbocycles. The normalized spacial score (nSPS) is 15.3. The predicted octanol–water partition coefficient (Wildman–Crippen LogP) is 1.02. The summed E-state index contributed by atoms with van der Waals surface area (Å²) < 4.78 is 27.7. The maximum absolute atomic E-state index is 11.8. The van der Waals surface area contributed by atoms with Gasteiger partial charge in [-0.25, -0.2) is 18.4 Å². The number of urea groups is 1. The summed E-state index contributed by atoms with van der Waals surface area (Å²) in [7, 11) is -2.40. The largest absolute Gasteiger partial charge is 0.495 e. The van der Waals surface area contributed by atoms with Gasteiger partial charge in [-0.1, -0.05) is 0 Å². The number of anilines is 1. The lowest BCUT2D eigenvalue weighted by molar-refractivity contribution is 0.240. The van der Waals surface area contributed by atoms with Crippen molar-refractivity contribution >= 4 is 21.7 Å². The number of hydrogen-bond acceptors (Lipinski definition) is 4. The van der Waals surface area contributed by atoms with Crippen molar-refractivity contribution in [1.82, 2.24) is 5.32 Å². The van der Waals surface area contributed by atoms with Crippen LogP contribution in [0.2, 0.25) is 0 Å². The fourth-order valence-electron chi connectivity index (χ4n) is 1.86. The van der Waals surface area contributed by atoms with E-state index >= 15 is 0 Å². The van der Waals surface area contributed by atoms with Gasteiger partial charge in [-0.3, -0.25) is 0 Å². The van der Waals surface area contributed by atoms with Gasteiger partial charge in [0.15, 0.2) is 0 Å². The number of nitrogens with two attached hydrogens (primary N) is 1. The number of carbonyl (C=O) groups is 1. The standard InChI is InChI=1S/C12H17N3O4S/c1-19-11-6-5-9(20(13,17)18)7-10(11)15-12(16)14-8-3-2-4-8/h5-8H,2-4H2,1H3,(H2,13,17,18)(H2,14,15,16). The van der Waals surface area contributed by atoms with Crippen molar-refractivity contribution < 1.29 is 17.9 Å². The molecule has 1 fully saturated rings. The second kappa shape index (κ2) is 5.68. The van der Waals surface area contributed by atoms with E-state index in [9.17, 15) is 13.2 Å². The summed E-state index contributed by atoms with van der Waals surface area (Å²) in [6.45, 7) is 0. The van der Waals surface area contributed by atoms with Gasteiger partial charge in [-0.2, -0.15) is 0 Å². The summed E-state index contributed by atoms with van der Waals surface area (Å²) in [6.07, 6.45) is 3.03. The summed E-state index contributed by atoms with van der Waals surface area (Å²) in [5, 5.41) is 10.4. The van der Waals surface area contributed by atoms with Gasteiger partial charge in [-0.05, 0) is 37.5 Å². The first-order valence-corrected chi connectivity index (χ1v) is 7.73. The van der Waals surface area contributed by atoms with Crippen LogP contribution in [0.1, 0.15) is 19.3 Å². The maximum atomic E-state index is 11.8. The lowest BCUT2D eigenvalue weighted by Crippen LogP contribution is -2.41. The molecule has 0 aliphatic heterocycles. The molecule has 0 bridgehead atoms. The molecule has 1 aliphatic carbocycles. The Morgan fingerprint density at radius 1 is 1.40 bits per heavy atom. The molecule has 7 nitrogen and oxygen atoms in total. The second-order valence-corrected chi connectivity index (χ2v) is 6.19. The van der Waals surface area contributed by atoms with Gasteiger partial charge >= 0.3 is 6.03 Å². The van der Waals surface area contributed by atoms with Crippen molar-refractivity contribution in [3.63, 3.8) is 0 Å². The van der Waals surface area contributed by atoms with E-state index in [-0.39, 0.29) is 22.7 Å². The number of primary sulfonamides is 1. The fourth-order valence-corrected chi connectivity index (χ4v) is 2.40. The van der Waals surface area contributed by atoms with Gasteiger partial charge in [0.1, 0.15) is 5.75 Å². The van der Waals surface area contributed by atoms with Crippen molar-refractivity contribution in [2.45, 2.75) is 30.2 Å². The van der Waals surface area contributed by atoms with Gasteiger partial charge in [0.05, 0.1) is 17.7 Å². The molecule has 1 aliphatic rings. The highest BCUT2D eigenvalue weighted by molar-refractivity contribution is 7.89. The molecule has 4 N–H and O–H groups in total. The van der Waals surface area contributed by atoms with Gasteiger partial charge in [0, 0.05) is 6.04 Å². The highest BCUT2D eigenvalue weighted by atomic mass is 32.2. The Bertz CT molecular complexity index is 611. The van der Waals surface area contributed by atoms with E-state index in [1.807, 2.05) is 0 Å². The molecule has 2 rings (SSSR count). The van der Waals surface area contributed by atoms with Crippen molar-refractivity contribution in [2.75, 3.05) is 12.4 Å². The third-order valence-electron chi connectivity index (χ3n) is 3.19. The van der Waals surface area contributed by atoms with E-state index in [1.165, 1.54) is 25.3 Å². The van der Waals surface area contributed by atoms with E-state index < -0.39 is 10.0 Å². The minimum absolute atomic E-state index is 0.0859. The van der Waals surface area contributed by atoms with E-state index in [0.29, 0.717) is 5.75 Å². The van der Waals surface area contributed by atoms with Crippen LogP contribution in [0, 0.1) is 0 Å². The molecule has 8 heteroatoms. The van der Waals surface area contributed by atoms with Crippen LogP contribution >= 0.6 is 0 Å². The molecule has 1 saturated carbocycles. The van der Waals surface area contributed by atoms with Crippen molar-refractivity contribution in [3.05, 3.63) is 18.2 Å². The zero-order valence-corrected chi connectivity index (χ0v) is 11.9. The number of amides is 2. The van der Waals surface area contributed by atoms with Gasteiger partial charge in [0.25, 0.3) is 0 Å². The van der Waals surface area contributed by atoms with Crippen molar-refractivity contribution in [2.24, 2.45) is 5.14 Å². The number of sulfonamides is 1. The molecular weight excluding hydrogens is 282 g/mol. The van der Waals surface area contributed by atoms with Crippen LogP contribution in [0.3, 0.4) is 0 Å². The Balaban J connectivity index is 2.17. The first-order chi connectivity index (χ1) is 9.40. The number of rotatable bonds is 4. The Labute approximate surface area is 117 Å². The molecule has 0 spiro atoms. The minimum atomic E-state index is -3.83. The summed E-state index contributed by atoms with van der Waals surface area (Å²) >= 11 is 0. The van der Waals surface area contributed by atoms with Crippen LogP contribution < -0.4 is 20.5 Å². The smallest absolute Gasteiger partial charge is 0.319 e.